The zero-order valence-corrected chi connectivity index (χ0v) is 16.2. The second-order valence-electron chi connectivity index (χ2n) is 7.86. The number of morpholine rings is 1. The molecule has 1 aliphatic rings. The molecule has 2 aromatic heterocycles. The Balaban J connectivity index is 1.90. The Labute approximate surface area is 147 Å². The third-order valence-electron chi connectivity index (χ3n) is 4.21. The average molecular weight is 350 g/mol. The first kappa shape index (κ1) is 17.4. The Kier molecular flexibility index (Phi) is 4.47. The van der Waals surface area contributed by atoms with Crippen molar-refractivity contribution in [3.05, 3.63) is 16.6 Å². The topological polar surface area (TPSA) is 47.4 Å². The van der Waals surface area contributed by atoms with Gasteiger partial charge in [-0.1, -0.05) is 13.8 Å². The number of hydrogen-bond donors (Lipinski definition) is 0. The largest absolute Gasteiger partial charge is 0.369 e. The van der Waals surface area contributed by atoms with Gasteiger partial charge in [0.05, 0.1) is 22.3 Å². The van der Waals surface area contributed by atoms with Crippen LogP contribution in [0.15, 0.2) is 6.07 Å². The summed E-state index contributed by atoms with van der Waals surface area (Å²) in [6.07, 6.45) is 0.0604. The molecular weight excluding hydrogens is 322 g/mol. The molecule has 0 spiro atoms. The minimum Gasteiger partial charge on any atom is -0.369 e. The molecule has 1 atom stereocenters. The number of carbonyl (C=O) groups excluding carboxylic acids is 1. The van der Waals surface area contributed by atoms with Crippen LogP contribution >= 0.6 is 11.3 Å². The molecule has 0 bridgehead atoms. The number of aryl methyl sites for hydroxylation is 1. The van der Waals surface area contributed by atoms with Gasteiger partial charge in [0.15, 0.2) is 0 Å². The van der Waals surface area contributed by atoms with Crippen LogP contribution in [0.3, 0.4) is 0 Å². The summed E-state index contributed by atoms with van der Waals surface area (Å²) in [4.78, 5) is 16.8. The Morgan fingerprint density at radius 3 is 2.83 bits per heavy atom. The number of hydrogen-bond acceptors (Lipinski definition) is 4. The summed E-state index contributed by atoms with van der Waals surface area (Å²) in [5.41, 5.74) is 0.700. The monoisotopic (exact) mass is 349 g/mol. The van der Waals surface area contributed by atoms with Gasteiger partial charge in [-0.05, 0) is 39.7 Å². The average Bonchev–Trinajstić information content (AvgIpc) is 2.97. The number of rotatable bonds is 3. The zero-order chi connectivity index (χ0) is 17.6. The van der Waals surface area contributed by atoms with Crippen LogP contribution in [0.2, 0.25) is 0 Å². The quantitative estimate of drug-likeness (QED) is 0.849. The molecule has 0 aliphatic carbocycles. The third kappa shape index (κ3) is 3.35. The summed E-state index contributed by atoms with van der Waals surface area (Å²) in [5, 5.41) is 5.72. The van der Waals surface area contributed by atoms with Gasteiger partial charge in [-0.2, -0.15) is 5.10 Å². The number of ether oxygens (including phenoxy) is 1. The summed E-state index contributed by atoms with van der Waals surface area (Å²) < 4.78 is 7.96. The number of nitrogens with zero attached hydrogens (tertiary/aromatic N) is 3. The second-order valence-corrected chi connectivity index (χ2v) is 8.90. The number of fused-ring (bicyclic) bond motifs is 1. The van der Waals surface area contributed by atoms with Crippen molar-refractivity contribution < 1.29 is 9.53 Å². The van der Waals surface area contributed by atoms with Gasteiger partial charge >= 0.3 is 0 Å². The maximum Gasteiger partial charge on any atom is 0.264 e. The van der Waals surface area contributed by atoms with Gasteiger partial charge in [0.1, 0.15) is 4.83 Å². The van der Waals surface area contributed by atoms with E-state index in [-0.39, 0.29) is 17.6 Å². The van der Waals surface area contributed by atoms with E-state index in [1.54, 1.807) is 11.3 Å². The molecule has 0 saturated carbocycles. The van der Waals surface area contributed by atoms with Crippen LogP contribution in [0.25, 0.3) is 10.2 Å². The first-order valence-electron chi connectivity index (χ1n) is 8.60. The van der Waals surface area contributed by atoms with E-state index in [9.17, 15) is 4.79 Å². The van der Waals surface area contributed by atoms with Gasteiger partial charge in [0.25, 0.3) is 5.91 Å². The fraction of sp³-hybridized carbons (Fsp3) is 0.667. The molecule has 3 heterocycles. The van der Waals surface area contributed by atoms with Crippen molar-refractivity contribution in [1.29, 1.82) is 0 Å². The highest BCUT2D eigenvalue weighted by molar-refractivity contribution is 7.20. The van der Waals surface area contributed by atoms with Gasteiger partial charge in [0, 0.05) is 25.0 Å². The van der Waals surface area contributed by atoms with E-state index in [4.69, 9.17) is 4.74 Å². The molecule has 0 radical (unpaired) electrons. The predicted molar refractivity (Wildman–Crippen MR) is 97.7 cm³/mol. The smallest absolute Gasteiger partial charge is 0.264 e. The highest BCUT2D eigenvalue weighted by Gasteiger charge is 2.34. The molecule has 132 valence electrons. The van der Waals surface area contributed by atoms with E-state index >= 15 is 0 Å². The van der Waals surface area contributed by atoms with Crippen molar-refractivity contribution in [2.24, 2.45) is 5.92 Å². The first-order chi connectivity index (χ1) is 11.2. The minimum atomic E-state index is -0.297. The van der Waals surface area contributed by atoms with Crippen molar-refractivity contribution in [1.82, 2.24) is 14.7 Å². The van der Waals surface area contributed by atoms with Gasteiger partial charge in [-0.3, -0.25) is 9.48 Å². The molecule has 1 fully saturated rings. The Morgan fingerprint density at radius 2 is 2.21 bits per heavy atom. The van der Waals surface area contributed by atoms with E-state index < -0.39 is 0 Å². The molecule has 1 aliphatic heterocycles. The normalized spacial score (nSPS) is 21.0. The maximum atomic E-state index is 13.0. The zero-order valence-electron chi connectivity index (χ0n) is 15.4. The predicted octanol–water partition coefficient (Wildman–Crippen LogP) is 3.70. The SMILES string of the molecule is Cc1nn(CC(C)C)c2sc(C(=O)N3C[C@@H](C)OC(C)(C)C3)cc12. The van der Waals surface area contributed by atoms with E-state index in [1.165, 1.54) is 0 Å². The minimum absolute atomic E-state index is 0.0604. The standard InChI is InChI=1S/C18H27N3O2S/c1-11(2)8-21-17-14(13(4)19-21)7-15(24-17)16(22)20-9-12(3)23-18(5,6)10-20/h7,11-12H,8-10H2,1-6H3/t12-/m1/s1. The molecule has 0 N–H and O–H groups in total. The van der Waals surface area contributed by atoms with E-state index in [0.717, 1.165) is 27.3 Å². The molecule has 2 aromatic rings. The maximum absolute atomic E-state index is 13.0. The summed E-state index contributed by atoms with van der Waals surface area (Å²) >= 11 is 1.56. The lowest BCUT2D eigenvalue weighted by atomic mass is 10.1. The van der Waals surface area contributed by atoms with Crippen LogP contribution in [0.5, 0.6) is 0 Å². The molecular formula is C18H27N3O2S. The molecule has 5 nitrogen and oxygen atoms in total. The van der Waals surface area contributed by atoms with Gasteiger partial charge < -0.3 is 9.64 Å². The summed E-state index contributed by atoms with van der Waals surface area (Å²) in [5.74, 6) is 0.629. The van der Waals surface area contributed by atoms with Crippen LogP contribution in [0.1, 0.15) is 50.0 Å². The van der Waals surface area contributed by atoms with Gasteiger partial charge in [-0.25, -0.2) is 0 Å². The molecule has 1 amide bonds. The van der Waals surface area contributed by atoms with Crippen LogP contribution in [0.4, 0.5) is 0 Å². The summed E-state index contributed by atoms with van der Waals surface area (Å²) in [6.45, 7) is 14.6. The highest BCUT2D eigenvalue weighted by Crippen LogP contribution is 2.31. The number of carbonyl (C=O) groups is 1. The van der Waals surface area contributed by atoms with Gasteiger partial charge in [-0.15, -0.1) is 11.3 Å². The fourth-order valence-electron chi connectivity index (χ4n) is 3.45. The van der Waals surface area contributed by atoms with Gasteiger partial charge in [0.2, 0.25) is 0 Å². The molecule has 6 heteroatoms. The highest BCUT2D eigenvalue weighted by atomic mass is 32.1. The van der Waals surface area contributed by atoms with E-state index in [2.05, 4.69) is 18.9 Å². The lowest BCUT2D eigenvalue weighted by Crippen LogP contribution is -2.53. The Bertz CT molecular complexity index is 760. The summed E-state index contributed by atoms with van der Waals surface area (Å²) in [7, 11) is 0. The van der Waals surface area contributed by atoms with E-state index in [1.807, 2.05) is 43.3 Å². The van der Waals surface area contributed by atoms with Crippen molar-refractivity contribution in [3.63, 3.8) is 0 Å². The molecule has 24 heavy (non-hydrogen) atoms. The Hall–Kier alpha value is -1.40. The Morgan fingerprint density at radius 1 is 1.50 bits per heavy atom. The van der Waals surface area contributed by atoms with Crippen LogP contribution in [-0.4, -0.2) is 45.4 Å². The number of thiophene rings is 1. The first-order valence-corrected chi connectivity index (χ1v) is 9.42. The van der Waals surface area contributed by atoms with Crippen LogP contribution in [0, 0.1) is 12.8 Å². The molecule has 3 rings (SSSR count). The lowest BCUT2D eigenvalue weighted by Gasteiger charge is -2.41. The van der Waals surface area contributed by atoms with Crippen molar-refractivity contribution in [2.45, 2.75) is 59.8 Å². The molecule has 0 unspecified atom stereocenters. The molecule has 1 saturated heterocycles. The van der Waals surface area contributed by atoms with Crippen molar-refractivity contribution in [2.75, 3.05) is 13.1 Å². The van der Waals surface area contributed by atoms with Crippen molar-refractivity contribution in [3.8, 4) is 0 Å². The molecule has 0 aromatic carbocycles. The van der Waals surface area contributed by atoms with E-state index in [0.29, 0.717) is 19.0 Å². The van der Waals surface area contributed by atoms with Crippen molar-refractivity contribution >= 4 is 27.5 Å². The number of aromatic nitrogens is 2. The number of amides is 1. The van der Waals surface area contributed by atoms with Crippen LogP contribution in [-0.2, 0) is 11.3 Å². The summed E-state index contributed by atoms with van der Waals surface area (Å²) in [6, 6.07) is 2.01. The third-order valence-corrected chi connectivity index (χ3v) is 5.35. The fourth-order valence-corrected chi connectivity index (χ4v) is 4.59. The lowest BCUT2D eigenvalue weighted by molar-refractivity contribution is -0.118. The second kappa shape index (κ2) is 6.15. The van der Waals surface area contributed by atoms with Crippen LogP contribution < -0.4 is 0 Å².